The number of carbonyl (C=O) groups excluding carboxylic acids is 2. The third-order valence-electron chi connectivity index (χ3n) is 6.52. The number of amides is 2. The number of fused-ring (bicyclic) bond motifs is 4. The summed E-state index contributed by atoms with van der Waals surface area (Å²) >= 11 is 0. The maximum absolute atomic E-state index is 13.0. The van der Waals surface area contributed by atoms with Gasteiger partial charge in [0.05, 0.1) is 0 Å². The fourth-order valence-corrected chi connectivity index (χ4v) is 5.53. The van der Waals surface area contributed by atoms with Gasteiger partial charge >= 0.3 is 11.8 Å². The molecule has 0 aromatic carbocycles. The first-order valence-corrected chi connectivity index (χ1v) is 9.40. The minimum Gasteiger partial charge on any atom is -0.328 e. The first-order valence-electron chi connectivity index (χ1n) is 9.40. The van der Waals surface area contributed by atoms with E-state index >= 15 is 0 Å². The van der Waals surface area contributed by atoms with E-state index in [0.717, 1.165) is 51.4 Å². The summed E-state index contributed by atoms with van der Waals surface area (Å²) < 4.78 is 0. The Labute approximate surface area is 133 Å². The molecule has 0 aromatic heterocycles. The van der Waals surface area contributed by atoms with Gasteiger partial charge in [-0.05, 0) is 77.0 Å². The summed E-state index contributed by atoms with van der Waals surface area (Å²) in [5.74, 6) is -0.346. The van der Waals surface area contributed by atoms with Crippen LogP contribution in [0.2, 0.25) is 0 Å². The normalized spacial score (nSPS) is 37.8. The number of hydrogen-bond acceptors (Lipinski definition) is 2. The highest BCUT2D eigenvalue weighted by Gasteiger charge is 2.44. The lowest BCUT2D eigenvalue weighted by Crippen LogP contribution is -2.61. The lowest BCUT2D eigenvalue weighted by atomic mass is 9.83. The summed E-state index contributed by atoms with van der Waals surface area (Å²) in [6.07, 6.45) is 13.7. The zero-order valence-corrected chi connectivity index (χ0v) is 13.5. The fraction of sp³-hybridized carbons (Fsp3) is 0.889. The molecule has 4 aliphatic rings. The summed E-state index contributed by atoms with van der Waals surface area (Å²) in [5.41, 5.74) is 0. The molecule has 4 saturated heterocycles. The Bertz CT molecular complexity index is 378. The lowest BCUT2D eigenvalue weighted by molar-refractivity contribution is -0.163. The van der Waals surface area contributed by atoms with Crippen LogP contribution in [-0.4, -0.2) is 45.8 Å². The summed E-state index contributed by atoms with van der Waals surface area (Å²) in [6.45, 7) is 0. The van der Waals surface area contributed by atoms with E-state index in [4.69, 9.17) is 0 Å². The van der Waals surface area contributed by atoms with Crippen LogP contribution in [-0.2, 0) is 9.59 Å². The second-order valence-electron chi connectivity index (χ2n) is 7.76. The van der Waals surface area contributed by atoms with E-state index in [1.807, 2.05) is 9.80 Å². The predicted molar refractivity (Wildman–Crippen MR) is 84.2 cm³/mol. The quantitative estimate of drug-likeness (QED) is 0.646. The third-order valence-corrected chi connectivity index (χ3v) is 6.52. The fourth-order valence-electron chi connectivity index (χ4n) is 5.53. The monoisotopic (exact) mass is 304 g/mol. The van der Waals surface area contributed by atoms with Crippen molar-refractivity contribution in [1.29, 1.82) is 0 Å². The van der Waals surface area contributed by atoms with Gasteiger partial charge in [0.15, 0.2) is 0 Å². The number of hydrogen-bond donors (Lipinski definition) is 0. The summed E-state index contributed by atoms with van der Waals surface area (Å²) in [5, 5.41) is 0. The van der Waals surface area contributed by atoms with Crippen molar-refractivity contribution < 1.29 is 9.59 Å². The number of carbonyl (C=O) groups is 2. The van der Waals surface area contributed by atoms with Gasteiger partial charge in [0.25, 0.3) is 0 Å². The second kappa shape index (κ2) is 5.86. The van der Waals surface area contributed by atoms with Crippen molar-refractivity contribution in [2.45, 2.75) is 101 Å². The largest absolute Gasteiger partial charge is 0.328 e. The molecule has 22 heavy (non-hydrogen) atoms. The van der Waals surface area contributed by atoms with Gasteiger partial charge in [-0.15, -0.1) is 0 Å². The van der Waals surface area contributed by atoms with Crippen LogP contribution < -0.4 is 0 Å². The van der Waals surface area contributed by atoms with Crippen LogP contribution in [0.25, 0.3) is 0 Å². The van der Waals surface area contributed by atoms with Gasteiger partial charge in [-0.2, -0.15) is 0 Å². The minimum absolute atomic E-state index is 0.173. The Hall–Kier alpha value is -1.06. The Morgan fingerprint density at radius 1 is 0.500 bits per heavy atom. The highest BCUT2D eigenvalue weighted by Crippen LogP contribution is 2.37. The predicted octanol–water partition coefficient (Wildman–Crippen LogP) is 2.85. The van der Waals surface area contributed by atoms with E-state index in [9.17, 15) is 9.59 Å². The molecule has 4 fully saturated rings. The minimum atomic E-state index is -0.173. The Kier molecular flexibility index (Phi) is 3.87. The molecule has 122 valence electrons. The van der Waals surface area contributed by atoms with Crippen molar-refractivity contribution in [1.82, 2.24) is 9.80 Å². The van der Waals surface area contributed by atoms with Crippen LogP contribution in [0.4, 0.5) is 0 Å². The van der Waals surface area contributed by atoms with Crippen LogP contribution in [0.15, 0.2) is 0 Å². The Morgan fingerprint density at radius 2 is 0.727 bits per heavy atom. The Balaban J connectivity index is 1.53. The topological polar surface area (TPSA) is 40.6 Å². The highest BCUT2D eigenvalue weighted by atomic mass is 16.2. The van der Waals surface area contributed by atoms with Crippen LogP contribution in [0.3, 0.4) is 0 Å². The molecule has 4 nitrogen and oxygen atoms in total. The maximum Gasteiger partial charge on any atom is 0.312 e. The van der Waals surface area contributed by atoms with Crippen LogP contribution in [0.1, 0.15) is 77.0 Å². The van der Waals surface area contributed by atoms with E-state index in [2.05, 4.69) is 0 Å². The zero-order valence-electron chi connectivity index (χ0n) is 13.5. The average Bonchev–Trinajstić information content (AvgIpc) is 2.52. The molecule has 0 radical (unpaired) electrons. The van der Waals surface area contributed by atoms with E-state index in [1.54, 1.807) is 0 Å². The second-order valence-corrected chi connectivity index (χ2v) is 7.76. The van der Waals surface area contributed by atoms with Gasteiger partial charge in [-0.25, -0.2) is 0 Å². The molecular formula is C18H28N2O2. The van der Waals surface area contributed by atoms with Gasteiger partial charge in [0, 0.05) is 24.2 Å². The summed E-state index contributed by atoms with van der Waals surface area (Å²) in [4.78, 5) is 30.0. The molecule has 4 bridgehead atoms. The molecule has 0 aromatic rings. The summed E-state index contributed by atoms with van der Waals surface area (Å²) in [6, 6.07) is 1.37. The van der Waals surface area contributed by atoms with Gasteiger partial charge < -0.3 is 9.80 Å². The van der Waals surface area contributed by atoms with Crippen molar-refractivity contribution in [3.8, 4) is 0 Å². The molecule has 4 rings (SSSR count). The van der Waals surface area contributed by atoms with Crippen LogP contribution in [0.5, 0.6) is 0 Å². The third kappa shape index (κ3) is 2.35. The first kappa shape index (κ1) is 14.5. The smallest absolute Gasteiger partial charge is 0.312 e. The maximum atomic E-state index is 13.0. The van der Waals surface area contributed by atoms with Crippen LogP contribution in [0, 0.1) is 0 Å². The van der Waals surface area contributed by atoms with Gasteiger partial charge in [0.1, 0.15) is 0 Å². The van der Waals surface area contributed by atoms with Gasteiger partial charge in [-0.1, -0.05) is 0 Å². The van der Waals surface area contributed by atoms with Crippen molar-refractivity contribution >= 4 is 11.8 Å². The lowest BCUT2D eigenvalue weighted by Gasteiger charge is -2.49. The van der Waals surface area contributed by atoms with E-state index in [1.165, 1.54) is 25.7 Å². The number of piperidine rings is 4. The molecule has 0 unspecified atom stereocenters. The van der Waals surface area contributed by atoms with Gasteiger partial charge in [0.2, 0.25) is 0 Å². The molecule has 0 atom stereocenters. The molecule has 0 spiro atoms. The van der Waals surface area contributed by atoms with Crippen LogP contribution >= 0.6 is 0 Å². The number of nitrogens with zero attached hydrogens (tertiary/aromatic N) is 2. The Morgan fingerprint density at radius 3 is 0.955 bits per heavy atom. The van der Waals surface area contributed by atoms with E-state index in [-0.39, 0.29) is 11.8 Å². The standard InChI is InChI=1S/C18H28N2O2/c21-17(19-13-5-1-6-14(19)8-2-7-13)18(22)20-15-9-3-10-16(20)12-4-11-15/h13-16H,1-12H2. The average molecular weight is 304 g/mol. The van der Waals surface area contributed by atoms with Gasteiger partial charge in [-0.3, -0.25) is 9.59 Å². The number of rotatable bonds is 0. The molecule has 4 heterocycles. The molecule has 2 amide bonds. The van der Waals surface area contributed by atoms with Crippen molar-refractivity contribution in [2.75, 3.05) is 0 Å². The SMILES string of the molecule is O=C(C(=O)N1C2CCCC1CCC2)N1C2CCCC1CCC2. The van der Waals surface area contributed by atoms with E-state index < -0.39 is 0 Å². The molecule has 0 saturated carbocycles. The van der Waals surface area contributed by atoms with Crippen molar-refractivity contribution in [3.63, 3.8) is 0 Å². The molecule has 0 aliphatic carbocycles. The summed E-state index contributed by atoms with van der Waals surface area (Å²) in [7, 11) is 0. The molecule has 4 heteroatoms. The van der Waals surface area contributed by atoms with E-state index in [0.29, 0.717) is 24.2 Å². The molecular weight excluding hydrogens is 276 g/mol. The first-order chi connectivity index (χ1) is 10.8. The highest BCUT2D eigenvalue weighted by molar-refractivity contribution is 6.35. The molecule has 4 aliphatic heterocycles. The zero-order chi connectivity index (χ0) is 15.1. The molecule has 0 N–H and O–H groups in total. The van der Waals surface area contributed by atoms with Crippen molar-refractivity contribution in [2.24, 2.45) is 0 Å². The van der Waals surface area contributed by atoms with Crippen molar-refractivity contribution in [3.05, 3.63) is 0 Å².